The van der Waals surface area contributed by atoms with E-state index in [0.29, 0.717) is 6.42 Å². The van der Waals surface area contributed by atoms with Crippen LogP contribution >= 0.6 is 0 Å². The van der Waals surface area contributed by atoms with Crippen molar-refractivity contribution < 1.29 is 9.84 Å². The molecule has 1 N–H and O–H groups in total. The first-order chi connectivity index (χ1) is 8.49. The van der Waals surface area contributed by atoms with Crippen LogP contribution in [0.15, 0.2) is 36.1 Å². The predicted octanol–water partition coefficient (Wildman–Crippen LogP) is 3.49. The second-order valence-electron chi connectivity index (χ2n) is 5.21. The minimum Gasteiger partial charge on any atom is -0.497 e. The van der Waals surface area contributed by atoms with Crippen molar-refractivity contribution in [3.8, 4) is 5.75 Å². The Hall–Kier alpha value is -1.28. The maximum absolute atomic E-state index is 8.84. The normalized spacial score (nSPS) is 10.7. The number of rotatable bonds is 5. The summed E-state index contributed by atoms with van der Waals surface area (Å²) in [6.45, 7) is 7.07. The average molecular weight is 262 g/mol. The number of methoxy groups -OCH3 is 1. The van der Waals surface area contributed by atoms with E-state index >= 15 is 0 Å². The number of ether oxygens (including phenoxy) is 1. The Labute approximate surface area is 111 Å². The summed E-state index contributed by atoms with van der Waals surface area (Å²) >= 11 is 0. The van der Waals surface area contributed by atoms with Gasteiger partial charge in [0.05, 0.1) is 15.2 Å². The van der Waals surface area contributed by atoms with Crippen molar-refractivity contribution in [1.29, 1.82) is 0 Å². The van der Waals surface area contributed by atoms with Crippen molar-refractivity contribution in [2.45, 2.75) is 26.1 Å². The van der Waals surface area contributed by atoms with Gasteiger partial charge in [0, 0.05) is 6.61 Å². The molecule has 0 saturated carbocycles. The van der Waals surface area contributed by atoms with Gasteiger partial charge in [-0.3, -0.25) is 0 Å². The van der Waals surface area contributed by atoms with Crippen molar-refractivity contribution in [3.05, 3.63) is 41.6 Å². The number of aliphatic hydroxyl groups is 1. The first kappa shape index (κ1) is 14.8. The monoisotopic (exact) mass is 262 g/mol. The van der Waals surface area contributed by atoms with Gasteiger partial charge in [-0.25, -0.2) is 0 Å². The molecule has 0 aromatic heterocycles. The zero-order valence-electron chi connectivity index (χ0n) is 11.7. The second-order valence-corrected chi connectivity index (χ2v) is 10.2. The molecule has 0 bridgehead atoms. The summed E-state index contributed by atoms with van der Waals surface area (Å²) in [6, 6.07) is 8.10. The van der Waals surface area contributed by atoms with Crippen LogP contribution in [0.25, 0.3) is 5.20 Å². The summed E-state index contributed by atoms with van der Waals surface area (Å²) in [7, 11) is 0.219. The molecule has 0 fully saturated rings. The molecule has 0 saturated heterocycles. The molecule has 1 rings (SSSR count). The van der Waals surface area contributed by atoms with Crippen LogP contribution in [-0.4, -0.2) is 26.9 Å². The van der Waals surface area contributed by atoms with Crippen LogP contribution in [0.5, 0.6) is 5.75 Å². The Morgan fingerprint density at radius 1 is 1.28 bits per heavy atom. The SMILES string of the molecule is COc1ccc(C(=C=CCCO)[Si](C)(C)C)cc1. The molecule has 2 nitrogen and oxygen atoms in total. The van der Waals surface area contributed by atoms with E-state index in [2.05, 4.69) is 37.5 Å². The van der Waals surface area contributed by atoms with Crippen molar-refractivity contribution >= 4 is 13.3 Å². The van der Waals surface area contributed by atoms with Crippen LogP contribution in [-0.2, 0) is 0 Å². The van der Waals surface area contributed by atoms with E-state index in [1.165, 1.54) is 10.8 Å². The lowest BCUT2D eigenvalue weighted by Crippen LogP contribution is -2.22. The lowest BCUT2D eigenvalue weighted by atomic mass is 10.2. The lowest BCUT2D eigenvalue weighted by molar-refractivity contribution is 0.302. The summed E-state index contributed by atoms with van der Waals surface area (Å²) in [5, 5.41) is 10.1. The molecule has 1 aromatic carbocycles. The van der Waals surface area contributed by atoms with Gasteiger partial charge in [0.2, 0.25) is 0 Å². The van der Waals surface area contributed by atoms with Gasteiger partial charge in [0.1, 0.15) is 5.75 Å². The smallest absolute Gasteiger partial charge is 0.118 e. The summed E-state index contributed by atoms with van der Waals surface area (Å²) < 4.78 is 5.17. The third-order valence-electron chi connectivity index (χ3n) is 2.65. The third-order valence-corrected chi connectivity index (χ3v) is 4.58. The molecule has 0 aliphatic rings. The summed E-state index contributed by atoms with van der Waals surface area (Å²) in [6.07, 6.45) is 2.59. The van der Waals surface area contributed by atoms with E-state index in [-0.39, 0.29) is 6.61 Å². The van der Waals surface area contributed by atoms with E-state index in [0.717, 1.165) is 5.75 Å². The van der Waals surface area contributed by atoms with Gasteiger partial charge in [0.15, 0.2) is 0 Å². The molecule has 0 aliphatic carbocycles. The van der Waals surface area contributed by atoms with E-state index in [9.17, 15) is 0 Å². The molecule has 0 aliphatic heterocycles. The van der Waals surface area contributed by atoms with Gasteiger partial charge < -0.3 is 9.84 Å². The maximum atomic E-state index is 8.84. The molecule has 0 atom stereocenters. The Morgan fingerprint density at radius 3 is 2.33 bits per heavy atom. The van der Waals surface area contributed by atoms with Crippen LogP contribution in [0.2, 0.25) is 19.6 Å². The Balaban J connectivity index is 3.14. The fourth-order valence-electron chi connectivity index (χ4n) is 1.73. The quantitative estimate of drug-likeness (QED) is 0.650. The molecular weight excluding hydrogens is 240 g/mol. The predicted molar refractivity (Wildman–Crippen MR) is 79.5 cm³/mol. The van der Waals surface area contributed by atoms with Crippen molar-refractivity contribution in [3.63, 3.8) is 0 Å². The van der Waals surface area contributed by atoms with E-state index in [1.807, 2.05) is 18.2 Å². The highest BCUT2D eigenvalue weighted by atomic mass is 28.3. The number of benzene rings is 1. The molecule has 0 amide bonds. The molecule has 18 heavy (non-hydrogen) atoms. The Kier molecular flexibility index (Phi) is 5.42. The van der Waals surface area contributed by atoms with Gasteiger partial charge in [-0.1, -0.05) is 31.8 Å². The van der Waals surface area contributed by atoms with Crippen LogP contribution < -0.4 is 4.74 Å². The van der Waals surface area contributed by atoms with Crippen LogP contribution in [0, 0.1) is 0 Å². The van der Waals surface area contributed by atoms with Crippen LogP contribution in [0.4, 0.5) is 0 Å². The maximum Gasteiger partial charge on any atom is 0.118 e. The zero-order valence-corrected chi connectivity index (χ0v) is 12.7. The van der Waals surface area contributed by atoms with Crippen molar-refractivity contribution in [2.24, 2.45) is 0 Å². The van der Waals surface area contributed by atoms with Gasteiger partial charge >= 0.3 is 0 Å². The van der Waals surface area contributed by atoms with Crippen LogP contribution in [0.1, 0.15) is 12.0 Å². The van der Waals surface area contributed by atoms with Crippen LogP contribution in [0.3, 0.4) is 0 Å². The third kappa shape index (κ3) is 4.19. The Bertz CT molecular complexity index is 435. The first-order valence-corrected chi connectivity index (χ1v) is 9.70. The molecule has 1 aromatic rings. The molecule has 0 unspecified atom stereocenters. The van der Waals surface area contributed by atoms with Gasteiger partial charge in [0.25, 0.3) is 0 Å². The van der Waals surface area contributed by atoms with Crippen molar-refractivity contribution in [1.82, 2.24) is 0 Å². The summed E-state index contributed by atoms with van der Waals surface area (Å²) in [5.74, 6) is 0.869. The largest absolute Gasteiger partial charge is 0.497 e. The summed E-state index contributed by atoms with van der Waals surface area (Å²) in [4.78, 5) is 0. The molecule has 0 spiro atoms. The zero-order chi connectivity index (χ0) is 13.6. The highest BCUT2D eigenvalue weighted by Gasteiger charge is 2.20. The van der Waals surface area contributed by atoms with E-state index in [1.54, 1.807) is 7.11 Å². The minimum atomic E-state index is -1.45. The first-order valence-electron chi connectivity index (χ1n) is 6.20. The molecule has 0 heterocycles. The molecule has 0 radical (unpaired) electrons. The summed E-state index contributed by atoms with van der Waals surface area (Å²) in [5.41, 5.74) is 4.57. The second kappa shape index (κ2) is 6.60. The topological polar surface area (TPSA) is 29.5 Å². The standard InChI is InChI=1S/C15H22O2Si/c1-17-14-10-8-13(9-11-14)15(18(2,3)4)7-5-6-12-16/h5,8-11,16H,6,12H2,1-4H3. The van der Waals surface area contributed by atoms with Crippen molar-refractivity contribution in [2.75, 3.05) is 13.7 Å². The fourth-order valence-corrected chi connectivity index (χ4v) is 3.30. The van der Waals surface area contributed by atoms with Gasteiger partial charge in [-0.05, 0) is 35.4 Å². The Morgan fingerprint density at radius 2 is 1.89 bits per heavy atom. The van der Waals surface area contributed by atoms with E-state index < -0.39 is 8.07 Å². The molecule has 3 heteroatoms. The fraction of sp³-hybridized carbons (Fsp3) is 0.400. The molecule has 98 valence electrons. The van der Waals surface area contributed by atoms with E-state index in [4.69, 9.17) is 9.84 Å². The minimum absolute atomic E-state index is 0.175. The number of hydrogen-bond acceptors (Lipinski definition) is 2. The lowest BCUT2D eigenvalue weighted by Gasteiger charge is -2.19. The van der Waals surface area contributed by atoms with Gasteiger partial charge in [-0.15, -0.1) is 5.73 Å². The highest BCUT2D eigenvalue weighted by Crippen LogP contribution is 2.26. The average Bonchev–Trinajstić information content (AvgIpc) is 2.33. The van der Waals surface area contributed by atoms with Gasteiger partial charge in [-0.2, -0.15) is 0 Å². The highest BCUT2D eigenvalue weighted by molar-refractivity contribution is 6.93. The number of aliphatic hydroxyl groups excluding tert-OH is 1. The molecular formula is C15H22O2Si. The number of hydrogen-bond donors (Lipinski definition) is 1.